The summed E-state index contributed by atoms with van der Waals surface area (Å²) < 4.78 is 0. The quantitative estimate of drug-likeness (QED) is 0.808. The van der Waals surface area contributed by atoms with Crippen LogP contribution in [-0.4, -0.2) is 48.9 Å². The lowest BCUT2D eigenvalue weighted by atomic mass is 10.1. The number of amides is 2. The Kier molecular flexibility index (Phi) is 6.21. The number of primary amides is 1. The second-order valence-corrected chi connectivity index (χ2v) is 7.50. The van der Waals surface area contributed by atoms with Crippen LogP contribution in [0.5, 0.6) is 0 Å². The molecule has 2 aromatic carbocycles. The highest BCUT2D eigenvalue weighted by atomic mass is 35.5. The molecule has 1 saturated heterocycles. The maximum atomic E-state index is 12.6. The molecule has 6 nitrogen and oxygen atoms in total. The van der Waals surface area contributed by atoms with E-state index < -0.39 is 5.91 Å². The summed E-state index contributed by atoms with van der Waals surface area (Å²) in [4.78, 5) is 28.2. The Hall–Kier alpha value is -2.57. The molecule has 1 heterocycles. The molecule has 2 amide bonds. The first-order chi connectivity index (χ1) is 13.3. The van der Waals surface area contributed by atoms with Gasteiger partial charge in [0.25, 0.3) is 0 Å². The third kappa shape index (κ3) is 4.64. The summed E-state index contributed by atoms with van der Waals surface area (Å²) >= 11 is 6.15. The van der Waals surface area contributed by atoms with E-state index in [0.29, 0.717) is 11.3 Å². The zero-order valence-electron chi connectivity index (χ0n) is 16.1. The van der Waals surface area contributed by atoms with Gasteiger partial charge in [0, 0.05) is 48.1 Å². The Morgan fingerprint density at radius 2 is 1.71 bits per heavy atom. The lowest BCUT2D eigenvalue weighted by Gasteiger charge is -2.39. The molecule has 0 aromatic heterocycles. The smallest absolute Gasteiger partial charge is 0.248 e. The monoisotopic (exact) mass is 400 g/mol. The van der Waals surface area contributed by atoms with Crippen LogP contribution in [0.15, 0.2) is 42.5 Å². The molecular formula is C21H25ClN4O2. The minimum absolute atomic E-state index is 0.0702. The fourth-order valence-corrected chi connectivity index (χ4v) is 3.57. The average Bonchev–Trinajstić information content (AvgIpc) is 2.69. The molecule has 1 aliphatic heterocycles. The van der Waals surface area contributed by atoms with E-state index in [0.717, 1.165) is 36.9 Å². The summed E-state index contributed by atoms with van der Waals surface area (Å²) in [5, 5.41) is 3.64. The van der Waals surface area contributed by atoms with E-state index >= 15 is 0 Å². The number of nitrogens with one attached hydrogen (secondary N) is 1. The second kappa shape index (κ2) is 8.63. The van der Waals surface area contributed by atoms with Crippen molar-refractivity contribution in [3.8, 4) is 0 Å². The maximum absolute atomic E-state index is 12.6. The van der Waals surface area contributed by atoms with Crippen LogP contribution >= 0.6 is 11.6 Å². The summed E-state index contributed by atoms with van der Waals surface area (Å²) in [6.07, 6.45) is 0. The number of carbonyl (C=O) groups is 2. The predicted molar refractivity (Wildman–Crippen MR) is 113 cm³/mol. The Bertz CT molecular complexity index is 861. The zero-order chi connectivity index (χ0) is 20.3. The minimum Gasteiger partial charge on any atom is -0.369 e. The van der Waals surface area contributed by atoms with Crippen LogP contribution < -0.4 is 16.0 Å². The highest BCUT2D eigenvalue weighted by Crippen LogP contribution is 2.25. The van der Waals surface area contributed by atoms with Crippen molar-refractivity contribution < 1.29 is 9.59 Å². The average molecular weight is 401 g/mol. The number of carbonyl (C=O) groups excluding carboxylic acids is 2. The third-order valence-electron chi connectivity index (χ3n) is 5.19. The van der Waals surface area contributed by atoms with Crippen LogP contribution in [0.1, 0.15) is 22.8 Å². The molecule has 2 aromatic rings. The molecule has 3 rings (SSSR count). The van der Waals surface area contributed by atoms with Crippen LogP contribution in [-0.2, 0) is 4.79 Å². The lowest BCUT2D eigenvalue weighted by Crippen LogP contribution is -2.53. The van der Waals surface area contributed by atoms with E-state index in [1.807, 2.05) is 25.1 Å². The number of nitrogens with zero attached hydrogens (tertiary/aromatic N) is 2. The molecule has 0 radical (unpaired) electrons. The number of nitrogens with two attached hydrogens (primary N) is 1. The standard InChI is InChI=1S/C21H25ClN4O2/c1-14-3-6-17(22)13-19(14)26-11-9-25(10-12-26)15(2)21(28)24-18-7-4-16(5-8-18)20(23)27/h3-8,13,15H,9-12H2,1-2H3,(H2,23,27)(H,24,28)/t15-/m0/s1. The first-order valence-corrected chi connectivity index (χ1v) is 9.69. The summed E-state index contributed by atoms with van der Waals surface area (Å²) in [5.41, 5.74) is 8.65. The van der Waals surface area contributed by atoms with Crippen molar-refractivity contribution >= 4 is 34.8 Å². The predicted octanol–water partition coefficient (Wildman–Crippen LogP) is 2.90. The number of halogens is 1. The van der Waals surface area contributed by atoms with Gasteiger partial charge in [0.2, 0.25) is 11.8 Å². The summed E-state index contributed by atoms with van der Waals surface area (Å²) in [6, 6.07) is 12.3. The highest BCUT2D eigenvalue weighted by molar-refractivity contribution is 6.30. The molecule has 0 spiro atoms. The Morgan fingerprint density at radius 1 is 1.07 bits per heavy atom. The molecule has 1 atom stereocenters. The van der Waals surface area contributed by atoms with Crippen molar-refractivity contribution in [2.75, 3.05) is 36.4 Å². The van der Waals surface area contributed by atoms with Gasteiger partial charge in [-0.05, 0) is 55.8 Å². The highest BCUT2D eigenvalue weighted by Gasteiger charge is 2.26. The van der Waals surface area contributed by atoms with Crippen LogP contribution in [0.2, 0.25) is 5.02 Å². The first kappa shape index (κ1) is 20.2. The molecule has 0 unspecified atom stereocenters. The number of piperazine rings is 1. The summed E-state index contributed by atoms with van der Waals surface area (Å²) in [5.74, 6) is -0.557. The fraction of sp³-hybridized carbons (Fsp3) is 0.333. The van der Waals surface area contributed by atoms with Gasteiger partial charge in [-0.1, -0.05) is 17.7 Å². The van der Waals surface area contributed by atoms with E-state index in [2.05, 4.69) is 22.0 Å². The van der Waals surface area contributed by atoms with Gasteiger partial charge in [-0.2, -0.15) is 0 Å². The van der Waals surface area contributed by atoms with Crippen LogP contribution in [0, 0.1) is 6.92 Å². The van der Waals surface area contributed by atoms with Gasteiger partial charge in [-0.3, -0.25) is 14.5 Å². The lowest BCUT2D eigenvalue weighted by molar-refractivity contribution is -0.120. The molecule has 0 aliphatic carbocycles. The number of rotatable bonds is 5. The molecule has 0 bridgehead atoms. The minimum atomic E-state index is -0.487. The summed E-state index contributed by atoms with van der Waals surface area (Å²) in [6.45, 7) is 7.26. The van der Waals surface area contributed by atoms with E-state index in [1.54, 1.807) is 24.3 Å². The summed E-state index contributed by atoms with van der Waals surface area (Å²) in [7, 11) is 0. The van der Waals surface area contributed by atoms with E-state index in [-0.39, 0.29) is 11.9 Å². The number of aryl methyl sites for hydroxylation is 1. The van der Waals surface area contributed by atoms with E-state index in [9.17, 15) is 9.59 Å². The van der Waals surface area contributed by atoms with Crippen molar-refractivity contribution in [3.63, 3.8) is 0 Å². The fourth-order valence-electron chi connectivity index (χ4n) is 3.40. The molecular weight excluding hydrogens is 376 g/mol. The number of benzene rings is 2. The van der Waals surface area contributed by atoms with Crippen LogP contribution in [0.3, 0.4) is 0 Å². The molecule has 7 heteroatoms. The molecule has 3 N–H and O–H groups in total. The Balaban J connectivity index is 1.57. The largest absolute Gasteiger partial charge is 0.369 e. The van der Waals surface area contributed by atoms with Gasteiger partial charge in [-0.25, -0.2) is 0 Å². The number of hydrogen-bond donors (Lipinski definition) is 2. The molecule has 148 valence electrons. The van der Waals surface area contributed by atoms with Crippen molar-refractivity contribution in [3.05, 3.63) is 58.6 Å². The molecule has 28 heavy (non-hydrogen) atoms. The number of hydrogen-bond acceptors (Lipinski definition) is 4. The van der Waals surface area contributed by atoms with Gasteiger partial charge >= 0.3 is 0 Å². The van der Waals surface area contributed by atoms with Crippen molar-refractivity contribution in [1.82, 2.24) is 4.90 Å². The van der Waals surface area contributed by atoms with Gasteiger partial charge in [0.05, 0.1) is 6.04 Å². The molecule has 0 saturated carbocycles. The van der Waals surface area contributed by atoms with E-state index in [4.69, 9.17) is 17.3 Å². The zero-order valence-corrected chi connectivity index (χ0v) is 16.9. The first-order valence-electron chi connectivity index (χ1n) is 9.31. The topological polar surface area (TPSA) is 78.7 Å². The van der Waals surface area contributed by atoms with E-state index in [1.165, 1.54) is 5.56 Å². The number of anilines is 2. The van der Waals surface area contributed by atoms with Gasteiger partial charge in [0.15, 0.2) is 0 Å². The normalized spacial score (nSPS) is 15.9. The maximum Gasteiger partial charge on any atom is 0.248 e. The van der Waals surface area contributed by atoms with Crippen LogP contribution in [0.25, 0.3) is 0 Å². The van der Waals surface area contributed by atoms with Crippen LogP contribution in [0.4, 0.5) is 11.4 Å². The van der Waals surface area contributed by atoms with Crippen molar-refractivity contribution in [1.29, 1.82) is 0 Å². The van der Waals surface area contributed by atoms with Crippen molar-refractivity contribution in [2.45, 2.75) is 19.9 Å². The Morgan fingerprint density at radius 3 is 2.32 bits per heavy atom. The third-order valence-corrected chi connectivity index (χ3v) is 5.43. The second-order valence-electron chi connectivity index (χ2n) is 7.06. The Labute approximate surface area is 170 Å². The van der Waals surface area contributed by atoms with Gasteiger partial charge in [0.1, 0.15) is 0 Å². The van der Waals surface area contributed by atoms with Gasteiger partial charge in [-0.15, -0.1) is 0 Å². The molecule has 1 aliphatic rings. The molecule has 1 fully saturated rings. The van der Waals surface area contributed by atoms with Gasteiger partial charge < -0.3 is 16.0 Å². The van der Waals surface area contributed by atoms with Crippen molar-refractivity contribution in [2.24, 2.45) is 5.73 Å². The SMILES string of the molecule is Cc1ccc(Cl)cc1N1CCN([C@@H](C)C(=O)Nc2ccc(C(N)=O)cc2)CC1.